The van der Waals surface area contributed by atoms with E-state index in [1.807, 2.05) is 0 Å². The number of hydrogen-bond acceptors (Lipinski definition) is 6. The molecule has 1 heterocycles. The van der Waals surface area contributed by atoms with E-state index in [0.717, 1.165) is 0 Å². The van der Waals surface area contributed by atoms with E-state index >= 15 is 0 Å². The number of carboxylic acid groups (broad SMARTS) is 3. The molecule has 138 valence electrons. The van der Waals surface area contributed by atoms with Crippen molar-refractivity contribution in [2.75, 3.05) is 0 Å². The monoisotopic (exact) mass is 351 g/mol. The van der Waals surface area contributed by atoms with E-state index in [2.05, 4.69) is 0 Å². The number of rotatable bonds is 3. The summed E-state index contributed by atoms with van der Waals surface area (Å²) in [6, 6.07) is 0. The van der Waals surface area contributed by atoms with Gasteiger partial charge in [-0.15, -0.1) is 0 Å². The molecule has 0 aliphatic rings. The Hall–Kier alpha value is -3.18. The largest absolute Gasteiger partial charge is 0.481 e. The Morgan fingerprint density at radius 3 is 0.833 bits per heavy atom. The number of aliphatic carboxylic acids is 3. The molecule has 0 aromatic carbocycles. The van der Waals surface area contributed by atoms with Crippen molar-refractivity contribution in [3.05, 3.63) is 31.5 Å². The molecule has 1 rings (SSSR count). The first-order valence-corrected chi connectivity index (χ1v) is 6.58. The maximum Gasteiger partial charge on any atom is 0.330 e. The minimum Gasteiger partial charge on any atom is -0.481 e. The summed E-state index contributed by atoms with van der Waals surface area (Å²) in [7, 11) is 0. The molecule has 24 heavy (non-hydrogen) atoms. The quantitative estimate of drug-likeness (QED) is 0.401. The lowest BCUT2D eigenvalue weighted by Crippen LogP contribution is -2.34. The molecule has 1 aromatic heterocycles. The fourth-order valence-corrected chi connectivity index (χ4v) is 0.403. The molecule has 0 saturated heterocycles. The van der Waals surface area contributed by atoms with Crippen molar-refractivity contribution in [1.29, 1.82) is 0 Å². The summed E-state index contributed by atoms with van der Waals surface area (Å²) >= 11 is 0. The van der Waals surface area contributed by atoms with Gasteiger partial charge in [-0.1, -0.05) is 20.8 Å². The van der Waals surface area contributed by atoms with Gasteiger partial charge in [0.05, 0.1) is 0 Å². The molecule has 0 atom stereocenters. The standard InChI is InChI=1S/C3H3N3O3.3C3H6O2/c7-1-4-2(8)6-3(9)5-1;3*1-2-3(4)5/h(H3,4,5,6,7,8,9);3*2H2,1H3,(H,4,5). The number of carboxylic acids is 3. The zero-order valence-electron chi connectivity index (χ0n) is 13.4. The Morgan fingerprint density at radius 1 is 0.625 bits per heavy atom. The number of carbonyl (C=O) groups is 3. The summed E-state index contributed by atoms with van der Waals surface area (Å²) in [6.45, 7) is 4.80. The van der Waals surface area contributed by atoms with Crippen LogP contribution in [0.3, 0.4) is 0 Å². The summed E-state index contributed by atoms with van der Waals surface area (Å²) in [4.78, 5) is 64.0. The normalized spacial score (nSPS) is 8.12. The summed E-state index contributed by atoms with van der Waals surface area (Å²) in [6.07, 6.45) is 0.667. The van der Waals surface area contributed by atoms with Gasteiger partial charge >= 0.3 is 35.0 Å². The van der Waals surface area contributed by atoms with Gasteiger partial charge in [-0.3, -0.25) is 29.3 Å². The fraction of sp³-hybridized carbons (Fsp3) is 0.500. The number of nitrogens with one attached hydrogen (secondary N) is 3. The predicted octanol–water partition coefficient (Wildman–Crippen LogP) is -0.805. The third kappa shape index (κ3) is 27.2. The van der Waals surface area contributed by atoms with Crippen LogP contribution in [0.25, 0.3) is 0 Å². The Morgan fingerprint density at radius 2 is 0.750 bits per heavy atom. The summed E-state index contributed by atoms with van der Waals surface area (Å²) < 4.78 is 0. The number of aromatic nitrogens is 3. The van der Waals surface area contributed by atoms with Crippen LogP contribution < -0.4 is 17.1 Å². The number of hydrogen-bond donors (Lipinski definition) is 6. The first kappa shape index (κ1) is 25.8. The molecule has 0 spiro atoms. The van der Waals surface area contributed by atoms with Crippen molar-refractivity contribution in [3.63, 3.8) is 0 Å². The molecule has 0 aliphatic carbocycles. The van der Waals surface area contributed by atoms with E-state index in [4.69, 9.17) is 15.3 Å². The molecule has 12 nitrogen and oxygen atoms in total. The van der Waals surface area contributed by atoms with Crippen LogP contribution >= 0.6 is 0 Å². The third-order valence-corrected chi connectivity index (χ3v) is 1.59. The Labute approximate surface area is 135 Å². The summed E-state index contributed by atoms with van der Waals surface area (Å²) in [5.74, 6) is -2.24. The number of H-pyrrole nitrogens is 3. The van der Waals surface area contributed by atoms with E-state index in [9.17, 15) is 28.8 Å². The molecule has 0 unspecified atom stereocenters. The molecule has 0 radical (unpaired) electrons. The first-order valence-electron chi connectivity index (χ1n) is 6.58. The molecule has 0 amide bonds. The van der Waals surface area contributed by atoms with Crippen molar-refractivity contribution in [2.24, 2.45) is 0 Å². The van der Waals surface area contributed by atoms with Crippen LogP contribution in [0.1, 0.15) is 40.0 Å². The average molecular weight is 351 g/mol. The van der Waals surface area contributed by atoms with E-state index in [-0.39, 0.29) is 19.3 Å². The fourth-order valence-electron chi connectivity index (χ4n) is 0.403. The highest BCUT2D eigenvalue weighted by molar-refractivity contribution is 5.66. The van der Waals surface area contributed by atoms with Crippen LogP contribution in [0.2, 0.25) is 0 Å². The lowest BCUT2D eigenvalue weighted by molar-refractivity contribution is -0.137. The van der Waals surface area contributed by atoms with Crippen molar-refractivity contribution in [2.45, 2.75) is 40.0 Å². The SMILES string of the molecule is CCC(=O)O.CCC(=O)O.CCC(=O)O.O=c1[nH]c(=O)[nH]c(=O)[nH]1. The second-order valence-electron chi connectivity index (χ2n) is 3.60. The van der Waals surface area contributed by atoms with Crippen LogP contribution in [0, 0.1) is 0 Å². The smallest absolute Gasteiger partial charge is 0.330 e. The van der Waals surface area contributed by atoms with Crippen LogP contribution in [0.4, 0.5) is 0 Å². The van der Waals surface area contributed by atoms with Crippen molar-refractivity contribution in [1.82, 2.24) is 15.0 Å². The lowest BCUT2D eigenvalue weighted by Gasteiger charge is -1.77. The van der Waals surface area contributed by atoms with Gasteiger partial charge in [-0.25, -0.2) is 14.4 Å². The molecular weight excluding hydrogens is 330 g/mol. The summed E-state index contributed by atoms with van der Waals surface area (Å²) in [5, 5.41) is 23.2. The maximum atomic E-state index is 10.2. The van der Waals surface area contributed by atoms with E-state index in [1.54, 1.807) is 35.7 Å². The predicted molar refractivity (Wildman–Crippen MR) is 82.1 cm³/mol. The second kappa shape index (κ2) is 16.2. The molecule has 0 aliphatic heterocycles. The van der Waals surface area contributed by atoms with Crippen LogP contribution in [-0.4, -0.2) is 48.2 Å². The van der Waals surface area contributed by atoms with Crippen molar-refractivity contribution < 1.29 is 29.7 Å². The minimum atomic E-state index is -0.802. The lowest BCUT2D eigenvalue weighted by atomic mass is 10.5. The third-order valence-electron chi connectivity index (χ3n) is 1.59. The zero-order valence-corrected chi connectivity index (χ0v) is 13.4. The van der Waals surface area contributed by atoms with Gasteiger partial charge in [0.15, 0.2) is 0 Å². The number of aromatic amines is 3. The van der Waals surface area contributed by atoms with Gasteiger partial charge in [0.2, 0.25) is 0 Å². The molecule has 12 heteroatoms. The van der Waals surface area contributed by atoms with Crippen LogP contribution in [0.5, 0.6) is 0 Å². The average Bonchev–Trinajstić information content (AvgIpc) is 2.47. The highest BCUT2D eigenvalue weighted by atomic mass is 16.4. The van der Waals surface area contributed by atoms with Crippen molar-refractivity contribution in [3.8, 4) is 0 Å². The molecule has 0 saturated carbocycles. The van der Waals surface area contributed by atoms with Gasteiger partial charge in [0.1, 0.15) is 0 Å². The van der Waals surface area contributed by atoms with Gasteiger partial charge in [0, 0.05) is 19.3 Å². The topological polar surface area (TPSA) is 210 Å². The van der Waals surface area contributed by atoms with E-state index in [1.165, 1.54) is 0 Å². The van der Waals surface area contributed by atoms with Crippen LogP contribution in [0.15, 0.2) is 14.4 Å². The summed E-state index contributed by atoms with van der Waals surface area (Å²) in [5.41, 5.74) is -2.41. The molecule has 1 aromatic rings. The minimum absolute atomic E-state index is 0.222. The van der Waals surface area contributed by atoms with Gasteiger partial charge in [-0.2, -0.15) is 0 Å². The van der Waals surface area contributed by atoms with Crippen LogP contribution in [-0.2, 0) is 14.4 Å². The highest BCUT2D eigenvalue weighted by Crippen LogP contribution is 1.68. The molecule has 0 fully saturated rings. The van der Waals surface area contributed by atoms with Gasteiger partial charge < -0.3 is 15.3 Å². The Balaban J connectivity index is -0.000000259. The maximum absolute atomic E-state index is 10.2. The second-order valence-corrected chi connectivity index (χ2v) is 3.60. The molecule has 6 N–H and O–H groups in total. The Bertz CT molecular complexity index is 545. The van der Waals surface area contributed by atoms with E-state index in [0.29, 0.717) is 0 Å². The zero-order chi connectivity index (χ0) is 19.7. The highest BCUT2D eigenvalue weighted by Gasteiger charge is 1.85. The first-order chi connectivity index (χ1) is 11.0. The van der Waals surface area contributed by atoms with Gasteiger partial charge in [-0.05, 0) is 0 Å². The molecule has 0 bridgehead atoms. The molecular formula is C12H21N3O9. The Kier molecular flexibility index (Phi) is 17.4. The van der Waals surface area contributed by atoms with Crippen molar-refractivity contribution >= 4 is 17.9 Å². The van der Waals surface area contributed by atoms with E-state index < -0.39 is 35.0 Å². The van der Waals surface area contributed by atoms with Gasteiger partial charge in [0.25, 0.3) is 0 Å².